The summed E-state index contributed by atoms with van der Waals surface area (Å²) in [5.74, 6) is 0.673. The number of rotatable bonds is 4. The third kappa shape index (κ3) is 3.97. The Kier molecular flexibility index (Phi) is 4.71. The van der Waals surface area contributed by atoms with E-state index in [2.05, 4.69) is 26.2 Å². The molecule has 1 rings (SSSR count). The molecule has 1 aromatic rings. The van der Waals surface area contributed by atoms with Gasteiger partial charge >= 0.3 is 0 Å². The number of amides is 1. The Balaban J connectivity index is 2.55. The number of nitrogens with two attached hydrogens (primary N) is 1. The minimum Gasteiger partial charge on any atom is -0.330 e. The second-order valence-corrected chi connectivity index (χ2v) is 4.28. The van der Waals surface area contributed by atoms with Crippen molar-refractivity contribution in [2.75, 3.05) is 11.9 Å². The second-order valence-electron chi connectivity index (χ2n) is 3.43. The molecule has 3 N–H and O–H groups in total. The van der Waals surface area contributed by atoms with Crippen LogP contribution in [0.2, 0.25) is 0 Å². The lowest BCUT2D eigenvalue weighted by Gasteiger charge is -2.09. The summed E-state index contributed by atoms with van der Waals surface area (Å²) >= 11 is 3.31. The Bertz CT molecular complexity index is 343. The van der Waals surface area contributed by atoms with Crippen molar-refractivity contribution in [2.24, 2.45) is 11.7 Å². The van der Waals surface area contributed by atoms with Gasteiger partial charge in [0.25, 0.3) is 0 Å². The van der Waals surface area contributed by atoms with Crippen LogP contribution in [-0.4, -0.2) is 17.4 Å². The highest BCUT2D eigenvalue weighted by molar-refractivity contribution is 9.10. The van der Waals surface area contributed by atoms with Crippen molar-refractivity contribution < 1.29 is 4.79 Å². The number of hydrogen-bond donors (Lipinski definition) is 2. The summed E-state index contributed by atoms with van der Waals surface area (Å²) in [5, 5.41) is 2.72. The maximum Gasteiger partial charge on any atom is 0.225 e. The van der Waals surface area contributed by atoms with Crippen LogP contribution < -0.4 is 11.1 Å². The normalized spacial score (nSPS) is 12.2. The molecule has 0 aliphatic heterocycles. The van der Waals surface area contributed by atoms with Gasteiger partial charge in [-0.1, -0.05) is 6.92 Å². The van der Waals surface area contributed by atoms with E-state index in [1.54, 1.807) is 12.3 Å². The molecule has 0 aliphatic carbocycles. The first kappa shape index (κ1) is 12.1. The lowest BCUT2D eigenvalue weighted by atomic mass is 10.1. The number of nitrogens with one attached hydrogen (secondary N) is 1. The lowest BCUT2D eigenvalue weighted by Crippen LogP contribution is -2.20. The van der Waals surface area contributed by atoms with Gasteiger partial charge in [-0.25, -0.2) is 4.98 Å². The third-order valence-electron chi connectivity index (χ3n) is 1.95. The summed E-state index contributed by atoms with van der Waals surface area (Å²) in [6.07, 6.45) is 2.05. The van der Waals surface area contributed by atoms with Crippen molar-refractivity contribution in [3.8, 4) is 0 Å². The zero-order valence-electron chi connectivity index (χ0n) is 8.53. The van der Waals surface area contributed by atoms with Gasteiger partial charge in [0.05, 0.1) is 4.47 Å². The topological polar surface area (TPSA) is 68.0 Å². The molecular weight excluding hydrogens is 258 g/mol. The predicted molar refractivity (Wildman–Crippen MR) is 63.4 cm³/mol. The molecule has 1 atom stereocenters. The quantitative estimate of drug-likeness (QED) is 0.877. The maximum atomic E-state index is 11.5. The zero-order chi connectivity index (χ0) is 11.3. The van der Waals surface area contributed by atoms with Crippen molar-refractivity contribution >= 4 is 27.7 Å². The number of anilines is 1. The Morgan fingerprint density at radius 1 is 1.73 bits per heavy atom. The van der Waals surface area contributed by atoms with Gasteiger partial charge < -0.3 is 11.1 Å². The Labute approximate surface area is 97.4 Å². The monoisotopic (exact) mass is 271 g/mol. The maximum absolute atomic E-state index is 11.5. The summed E-state index contributed by atoms with van der Waals surface area (Å²) in [6.45, 7) is 2.45. The Morgan fingerprint density at radius 3 is 3.07 bits per heavy atom. The van der Waals surface area contributed by atoms with Crippen LogP contribution in [0.5, 0.6) is 0 Å². The molecule has 0 fully saturated rings. The van der Waals surface area contributed by atoms with Crippen LogP contribution >= 0.6 is 15.9 Å². The third-order valence-corrected chi connectivity index (χ3v) is 2.59. The number of pyridine rings is 1. The molecule has 0 spiro atoms. The first-order chi connectivity index (χ1) is 7.13. The van der Waals surface area contributed by atoms with Crippen molar-refractivity contribution in [2.45, 2.75) is 13.3 Å². The molecule has 1 aromatic heterocycles. The van der Waals surface area contributed by atoms with E-state index in [4.69, 9.17) is 5.73 Å². The number of carbonyl (C=O) groups excluding carboxylic acids is 1. The smallest absolute Gasteiger partial charge is 0.225 e. The first-order valence-corrected chi connectivity index (χ1v) is 5.53. The van der Waals surface area contributed by atoms with Crippen LogP contribution in [0.3, 0.4) is 0 Å². The van der Waals surface area contributed by atoms with E-state index in [1.807, 2.05) is 13.0 Å². The van der Waals surface area contributed by atoms with Gasteiger partial charge in [0.15, 0.2) is 0 Å². The summed E-state index contributed by atoms with van der Waals surface area (Å²) < 4.78 is 0.777. The minimum absolute atomic E-state index is 0.0626. The van der Waals surface area contributed by atoms with Crippen molar-refractivity contribution in [1.29, 1.82) is 0 Å². The van der Waals surface area contributed by atoms with Gasteiger partial charge in [-0.15, -0.1) is 0 Å². The largest absolute Gasteiger partial charge is 0.330 e. The van der Waals surface area contributed by atoms with Crippen molar-refractivity contribution in [3.63, 3.8) is 0 Å². The summed E-state index contributed by atoms with van der Waals surface area (Å²) in [5.41, 5.74) is 5.44. The lowest BCUT2D eigenvalue weighted by molar-refractivity contribution is -0.116. The van der Waals surface area contributed by atoms with Crippen molar-refractivity contribution in [3.05, 3.63) is 22.8 Å². The van der Waals surface area contributed by atoms with Gasteiger partial charge in [0.1, 0.15) is 5.82 Å². The van der Waals surface area contributed by atoms with E-state index in [0.29, 0.717) is 18.8 Å². The van der Waals surface area contributed by atoms with Gasteiger partial charge in [0.2, 0.25) is 5.91 Å². The molecular formula is C10H14BrN3O. The SMILES string of the molecule is CC(CN)CC(=O)Nc1ncccc1Br. The Morgan fingerprint density at radius 2 is 2.47 bits per heavy atom. The molecule has 1 amide bonds. The second kappa shape index (κ2) is 5.82. The summed E-state index contributed by atoms with van der Waals surface area (Å²) in [7, 11) is 0. The molecule has 0 aliphatic rings. The van der Waals surface area contributed by atoms with Crippen molar-refractivity contribution in [1.82, 2.24) is 4.98 Å². The standard InChI is InChI=1S/C10H14BrN3O/c1-7(6-12)5-9(15)14-10-8(11)3-2-4-13-10/h2-4,7H,5-6,12H2,1H3,(H,13,14,15). The molecule has 4 nitrogen and oxygen atoms in total. The van der Waals surface area contributed by atoms with Gasteiger partial charge in [0, 0.05) is 12.6 Å². The highest BCUT2D eigenvalue weighted by Gasteiger charge is 2.09. The van der Waals surface area contributed by atoms with Crippen LogP contribution in [0.15, 0.2) is 22.8 Å². The van der Waals surface area contributed by atoms with E-state index < -0.39 is 0 Å². The van der Waals surface area contributed by atoms with Crippen LogP contribution in [0.25, 0.3) is 0 Å². The van der Waals surface area contributed by atoms with Gasteiger partial charge in [-0.2, -0.15) is 0 Å². The van der Waals surface area contributed by atoms with Crippen LogP contribution in [-0.2, 0) is 4.79 Å². The van der Waals surface area contributed by atoms with Crippen LogP contribution in [0.4, 0.5) is 5.82 Å². The molecule has 0 aromatic carbocycles. The fourth-order valence-corrected chi connectivity index (χ4v) is 1.41. The number of halogens is 1. The van der Waals surface area contributed by atoms with Gasteiger partial charge in [-0.05, 0) is 40.5 Å². The molecule has 1 heterocycles. The van der Waals surface area contributed by atoms with Crippen LogP contribution in [0, 0.1) is 5.92 Å². The van der Waals surface area contributed by atoms with E-state index in [0.717, 1.165) is 4.47 Å². The van der Waals surface area contributed by atoms with E-state index in [1.165, 1.54) is 0 Å². The Hall–Kier alpha value is -0.940. The molecule has 0 saturated heterocycles. The molecule has 1 unspecified atom stereocenters. The molecule has 0 saturated carbocycles. The molecule has 0 bridgehead atoms. The number of nitrogens with zero attached hydrogens (tertiary/aromatic N) is 1. The fraction of sp³-hybridized carbons (Fsp3) is 0.400. The number of carbonyl (C=O) groups is 1. The first-order valence-electron chi connectivity index (χ1n) is 4.74. The fourth-order valence-electron chi connectivity index (χ4n) is 1.06. The summed E-state index contributed by atoms with van der Waals surface area (Å²) in [6, 6.07) is 3.62. The molecule has 82 valence electrons. The number of aromatic nitrogens is 1. The highest BCUT2D eigenvalue weighted by atomic mass is 79.9. The minimum atomic E-state index is -0.0626. The van der Waals surface area contributed by atoms with Gasteiger partial charge in [-0.3, -0.25) is 4.79 Å². The van der Waals surface area contributed by atoms with E-state index in [9.17, 15) is 4.79 Å². The molecule has 15 heavy (non-hydrogen) atoms. The average Bonchev–Trinajstić information content (AvgIpc) is 2.21. The van der Waals surface area contributed by atoms with Crippen LogP contribution in [0.1, 0.15) is 13.3 Å². The molecule has 5 heteroatoms. The van der Waals surface area contributed by atoms with E-state index >= 15 is 0 Å². The number of hydrogen-bond acceptors (Lipinski definition) is 3. The predicted octanol–water partition coefficient (Wildman–Crippen LogP) is 1.77. The van der Waals surface area contributed by atoms with E-state index in [-0.39, 0.29) is 11.8 Å². The molecule has 0 radical (unpaired) electrons. The zero-order valence-corrected chi connectivity index (χ0v) is 10.1. The highest BCUT2D eigenvalue weighted by Crippen LogP contribution is 2.18. The summed E-state index contributed by atoms with van der Waals surface area (Å²) in [4.78, 5) is 15.5. The average molecular weight is 272 g/mol.